The van der Waals surface area contributed by atoms with Crippen LogP contribution in [0.3, 0.4) is 0 Å². The summed E-state index contributed by atoms with van der Waals surface area (Å²) >= 11 is 0. The van der Waals surface area contributed by atoms with Crippen molar-refractivity contribution >= 4 is 0 Å². The summed E-state index contributed by atoms with van der Waals surface area (Å²) in [5, 5.41) is 8.41. The van der Waals surface area contributed by atoms with Gasteiger partial charge in [0.1, 0.15) is 6.07 Å². The lowest BCUT2D eigenvalue weighted by Crippen LogP contribution is -1.92. The van der Waals surface area contributed by atoms with Gasteiger partial charge in [-0.2, -0.15) is 5.26 Å². The molecule has 0 N–H and O–H groups in total. The summed E-state index contributed by atoms with van der Waals surface area (Å²) in [5.41, 5.74) is 0.504. The third kappa shape index (κ3) is 3.93. The largest absolute Gasteiger partial charge is 0.500 e. The molecule has 0 fully saturated rings. The number of ether oxygens (including phenoxy) is 2. The standard InChI is InChI=1S/C7H11NO2/c1-3-10-6-7(4-8)5-9-2/h6H,3,5H2,1-2H3/b7-6-. The Balaban J connectivity index is 3.70. The van der Waals surface area contributed by atoms with Crippen LogP contribution in [0.1, 0.15) is 6.92 Å². The molecule has 10 heavy (non-hydrogen) atoms. The van der Waals surface area contributed by atoms with E-state index in [1.807, 2.05) is 13.0 Å². The van der Waals surface area contributed by atoms with Gasteiger partial charge in [-0.05, 0) is 6.92 Å². The maximum absolute atomic E-state index is 8.41. The highest BCUT2D eigenvalue weighted by atomic mass is 16.5. The molecule has 0 aromatic rings. The van der Waals surface area contributed by atoms with Gasteiger partial charge in [0.25, 0.3) is 0 Å². The Hall–Kier alpha value is -1.01. The van der Waals surface area contributed by atoms with Gasteiger partial charge in [0.2, 0.25) is 0 Å². The highest BCUT2D eigenvalue weighted by Crippen LogP contribution is 1.92. The molecule has 0 saturated carbocycles. The lowest BCUT2D eigenvalue weighted by atomic mass is 10.3. The second kappa shape index (κ2) is 6.12. The Morgan fingerprint density at radius 3 is 2.80 bits per heavy atom. The molecule has 0 atom stereocenters. The summed E-state index contributed by atoms with van der Waals surface area (Å²) in [7, 11) is 1.54. The van der Waals surface area contributed by atoms with Crippen molar-refractivity contribution in [1.29, 1.82) is 5.26 Å². The third-order valence-corrected chi connectivity index (χ3v) is 0.836. The zero-order chi connectivity index (χ0) is 7.82. The average molecular weight is 141 g/mol. The van der Waals surface area contributed by atoms with Crippen molar-refractivity contribution in [3.8, 4) is 6.07 Å². The SMILES string of the molecule is CCO/C=C(/C#N)COC. The Labute approximate surface area is 60.9 Å². The van der Waals surface area contributed by atoms with Crippen LogP contribution in [0.5, 0.6) is 0 Å². The van der Waals surface area contributed by atoms with E-state index >= 15 is 0 Å². The maximum Gasteiger partial charge on any atom is 0.100 e. The summed E-state index contributed by atoms with van der Waals surface area (Å²) in [5.74, 6) is 0. The number of nitriles is 1. The van der Waals surface area contributed by atoms with Gasteiger partial charge in [-0.15, -0.1) is 0 Å². The quantitative estimate of drug-likeness (QED) is 0.434. The first-order valence-electron chi connectivity index (χ1n) is 3.04. The molecule has 0 spiro atoms. The minimum atomic E-state index is 0.316. The molecular formula is C7H11NO2. The summed E-state index contributed by atoms with van der Waals surface area (Å²) in [6.07, 6.45) is 1.42. The maximum atomic E-state index is 8.41. The van der Waals surface area contributed by atoms with E-state index in [-0.39, 0.29) is 0 Å². The van der Waals surface area contributed by atoms with Gasteiger partial charge in [-0.25, -0.2) is 0 Å². The molecule has 3 nitrogen and oxygen atoms in total. The fourth-order valence-electron chi connectivity index (χ4n) is 0.432. The first-order valence-corrected chi connectivity index (χ1v) is 3.04. The fraction of sp³-hybridized carbons (Fsp3) is 0.571. The van der Waals surface area contributed by atoms with Crippen LogP contribution < -0.4 is 0 Å². The molecule has 0 bridgehead atoms. The van der Waals surface area contributed by atoms with Gasteiger partial charge in [0, 0.05) is 7.11 Å². The molecule has 0 aliphatic carbocycles. The van der Waals surface area contributed by atoms with Crippen LogP contribution >= 0.6 is 0 Å². The van der Waals surface area contributed by atoms with Crippen molar-refractivity contribution < 1.29 is 9.47 Å². The van der Waals surface area contributed by atoms with Crippen LogP contribution in [-0.2, 0) is 9.47 Å². The molecule has 0 saturated heterocycles. The molecule has 0 radical (unpaired) electrons. The van der Waals surface area contributed by atoms with Gasteiger partial charge in [-0.3, -0.25) is 0 Å². The fourth-order valence-corrected chi connectivity index (χ4v) is 0.432. The van der Waals surface area contributed by atoms with Crippen LogP contribution in [0.25, 0.3) is 0 Å². The summed E-state index contributed by atoms with van der Waals surface area (Å²) in [4.78, 5) is 0. The van der Waals surface area contributed by atoms with Crippen molar-refractivity contribution in [2.24, 2.45) is 0 Å². The number of nitrogens with zero attached hydrogens (tertiary/aromatic N) is 1. The summed E-state index contributed by atoms with van der Waals surface area (Å²) in [6.45, 7) is 2.75. The third-order valence-electron chi connectivity index (χ3n) is 0.836. The average Bonchev–Trinajstić information content (AvgIpc) is 1.98. The van der Waals surface area contributed by atoms with Gasteiger partial charge in [0.15, 0.2) is 0 Å². The molecule has 0 rings (SSSR count). The summed E-state index contributed by atoms with van der Waals surface area (Å²) in [6, 6.07) is 1.95. The Morgan fingerprint density at radius 2 is 2.40 bits per heavy atom. The second-order valence-electron chi connectivity index (χ2n) is 1.64. The molecule has 0 aliphatic rings. The van der Waals surface area contributed by atoms with Crippen LogP contribution in [0.4, 0.5) is 0 Å². The van der Waals surface area contributed by atoms with Crippen LogP contribution in [-0.4, -0.2) is 20.3 Å². The van der Waals surface area contributed by atoms with Gasteiger partial charge in [0.05, 0.1) is 25.0 Å². The minimum Gasteiger partial charge on any atom is -0.500 e. The lowest BCUT2D eigenvalue weighted by molar-refractivity contribution is 0.217. The molecule has 0 amide bonds. The highest BCUT2D eigenvalue weighted by Gasteiger charge is 1.91. The van der Waals surface area contributed by atoms with E-state index in [9.17, 15) is 0 Å². The summed E-state index contributed by atoms with van der Waals surface area (Å²) < 4.78 is 9.60. The van der Waals surface area contributed by atoms with Gasteiger partial charge < -0.3 is 9.47 Å². The topological polar surface area (TPSA) is 42.2 Å². The molecule has 3 heteroatoms. The number of rotatable bonds is 4. The van der Waals surface area contributed by atoms with Crippen molar-refractivity contribution in [2.75, 3.05) is 20.3 Å². The Morgan fingerprint density at radius 1 is 1.70 bits per heavy atom. The van der Waals surface area contributed by atoms with E-state index < -0.39 is 0 Å². The zero-order valence-corrected chi connectivity index (χ0v) is 6.26. The first-order chi connectivity index (χ1) is 4.85. The molecule has 0 unspecified atom stereocenters. The smallest absolute Gasteiger partial charge is 0.100 e. The molecular weight excluding hydrogens is 130 g/mol. The van der Waals surface area contributed by atoms with Crippen LogP contribution in [0, 0.1) is 11.3 Å². The number of hydrogen-bond donors (Lipinski definition) is 0. The predicted octanol–water partition coefficient (Wildman–Crippen LogP) is 1.08. The molecule has 0 aromatic carbocycles. The Bertz CT molecular complexity index is 146. The zero-order valence-electron chi connectivity index (χ0n) is 6.26. The second-order valence-corrected chi connectivity index (χ2v) is 1.64. The van der Waals surface area contributed by atoms with Crippen molar-refractivity contribution in [3.05, 3.63) is 11.8 Å². The van der Waals surface area contributed by atoms with Crippen molar-refractivity contribution in [3.63, 3.8) is 0 Å². The monoisotopic (exact) mass is 141 g/mol. The normalized spacial score (nSPS) is 10.7. The van der Waals surface area contributed by atoms with Crippen molar-refractivity contribution in [1.82, 2.24) is 0 Å². The first kappa shape index (κ1) is 8.99. The molecule has 0 aromatic heterocycles. The van der Waals surface area contributed by atoms with E-state index in [1.54, 1.807) is 0 Å². The van der Waals surface area contributed by atoms with E-state index in [0.29, 0.717) is 18.8 Å². The molecule has 56 valence electrons. The minimum absolute atomic E-state index is 0.316. The number of methoxy groups -OCH3 is 1. The van der Waals surface area contributed by atoms with Crippen molar-refractivity contribution in [2.45, 2.75) is 6.92 Å². The van der Waals surface area contributed by atoms with E-state index in [2.05, 4.69) is 0 Å². The molecule has 0 aliphatic heterocycles. The Kier molecular flexibility index (Phi) is 5.50. The highest BCUT2D eigenvalue weighted by molar-refractivity contribution is 5.18. The van der Waals surface area contributed by atoms with E-state index in [4.69, 9.17) is 14.7 Å². The van der Waals surface area contributed by atoms with Gasteiger partial charge in [-0.1, -0.05) is 0 Å². The number of hydrogen-bond acceptors (Lipinski definition) is 3. The van der Waals surface area contributed by atoms with Gasteiger partial charge >= 0.3 is 0 Å². The predicted molar refractivity (Wildman–Crippen MR) is 37.2 cm³/mol. The van der Waals surface area contributed by atoms with E-state index in [1.165, 1.54) is 13.4 Å². The van der Waals surface area contributed by atoms with E-state index in [0.717, 1.165) is 0 Å². The van der Waals surface area contributed by atoms with Crippen LogP contribution in [0.15, 0.2) is 11.8 Å². The molecule has 0 heterocycles. The van der Waals surface area contributed by atoms with Crippen LogP contribution in [0.2, 0.25) is 0 Å². The lowest BCUT2D eigenvalue weighted by Gasteiger charge is -1.96.